The Kier molecular flexibility index (Phi) is 3.59. The lowest BCUT2D eigenvalue weighted by atomic mass is 9.49. The molecule has 0 amide bonds. The fourth-order valence-corrected chi connectivity index (χ4v) is 6.83. The van der Waals surface area contributed by atoms with Gasteiger partial charge >= 0.3 is 0 Å². The van der Waals surface area contributed by atoms with Crippen molar-refractivity contribution in [1.82, 2.24) is 0 Å². The van der Waals surface area contributed by atoms with E-state index in [1.54, 1.807) is 5.57 Å². The van der Waals surface area contributed by atoms with Crippen LogP contribution in [-0.4, -0.2) is 22.4 Å². The van der Waals surface area contributed by atoms with Gasteiger partial charge in [-0.1, -0.05) is 50.5 Å². The van der Waals surface area contributed by atoms with E-state index in [9.17, 15) is 10.2 Å². The molecule has 4 rings (SSSR count). The van der Waals surface area contributed by atoms with Crippen molar-refractivity contribution in [2.45, 2.75) is 77.9 Å². The first-order valence-electron chi connectivity index (χ1n) is 9.68. The molecule has 7 atom stereocenters. The smallest absolute Gasteiger partial charge is 0.0661 e. The third-order valence-electron chi connectivity index (χ3n) is 8.34. The molecular weight excluding hydrogens is 284 g/mol. The standard InChI is InChI=1S/C21H32O2/c1-4-13-6-8-17-16-7-5-14-11-15(22)12-19(23)21(14,3)18(16)9-10-20(13,17)2/h5,7,13,15,17-19,22-23H,4,6,8-12H2,1-3H3/t13-,15?,17-,18-,19?,20+,21-/m0/s1. The molecule has 0 saturated heterocycles. The van der Waals surface area contributed by atoms with E-state index in [1.807, 2.05) is 0 Å². The molecule has 3 fully saturated rings. The quantitative estimate of drug-likeness (QED) is 0.760. The van der Waals surface area contributed by atoms with Gasteiger partial charge in [-0.15, -0.1) is 0 Å². The summed E-state index contributed by atoms with van der Waals surface area (Å²) in [4.78, 5) is 0. The molecule has 4 aliphatic carbocycles. The molecule has 2 heteroatoms. The number of rotatable bonds is 1. The Morgan fingerprint density at radius 1 is 1.09 bits per heavy atom. The predicted molar refractivity (Wildman–Crippen MR) is 92.9 cm³/mol. The Morgan fingerprint density at radius 3 is 2.61 bits per heavy atom. The van der Waals surface area contributed by atoms with Crippen LogP contribution in [0.25, 0.3) is 0 Å². The van der Waals surface area contributed by atoms with E-state index < -0.39 is 6.10 Å². The molecule has 2 unspecified atom stereocenters. The highest BCUT2D eigenvalue weighted by atomic mass is 16.3. The third-order valence-corrected chi connectivity index (χ3v) is 8.34. The Morgan fingerprint density at radius 2 is 1.87 bits per heavy atom. The number of allylic oxidation sites excluding steroid dienone is 3. The van der Waals surface area contributed by atoms with Gasteiger partial charge in [0, 0.05) is 11.8 Å². The van der Waals surface area contributed by atoms with Gasteiger partial charge in [-0.05, 0) is 55.3 Å². The van der Waals surface area contributed by atoms with E-state index in [0.717, 1.165) is 12.3 Å². The summed E-state index contributed by atoms with van der Waals surface area (Å²) in [7, 11) is 0. The van der Waals surface area contributed by atoms with E-state index in [-0.39, 0.29) is 11.5 Å². The first-order chi connectivity index (χ1) is 10.9. The molecule has 0 radical (unpaired) electrons. The Labute approximate surface area is 140 Å². The molecule has 0 aromatic carbocycles. The van der Waals surface area contributed by atoms with Gasteiger partial charge in [-0.2, -0.15) is 0 Å². The second kappa shape index (κ2) is 5.20. The molecule has 0 heterocycles. The van der Waals surface area contributed by atoms with Crippen LogP contribution in [0.15, 0.2) is 23.3 Å². The topological polar surface area (TPSA) is 40.5 Å². The predicted octanol–water partition coefficient (Wildman–Crippen LogP) is 4.23. The average Bonchev–Trinajstić information content (AvgIpc) is 2.85. The van der Waals surface area contributed by atoms with Crippen molar-refractivity contribution in [3.8, 4) is 0 Å². The number of hydrogen-bond acceptors (Lipinski definition) is 2. The van der Waals surface area contributed by atoms with Crippen molar-refractivity contribution in [2.75, 3.05) is 0 Å². The number of aliphatic hydroxyl groups is 2. The summed E-state index contributed by atoms with van der Waals surface area (Å²) in [6, 6.07) is 0. The van der Waals surface area contributed by atoms with Crippen LogP contribution in [0.3, 0.4) is 0 Å². The van der Waals surface area contributed by atoms with Crippen molar-refractivity contribution in [1.29, 1.82) is 0 Å². The SMILES string of the molecule is CC[C@H]1CC[C@H]2C3=CC=C4CC(O)CC(O)[C@]4(C)[C@H]3CC[C@]12C. The maximum absolute atomic E-state index is 10.8. The van der Waals surface area contributed by atoms with Crippen LogP contribution < -0.4 is 0 Å². The van der Waals surface area contributed by atoms with Crippen molar-refractivity contribution < 1.29 is 10.2 Å². The van der Waals surface area contributed by atoms with Gasteiger partial charge in [0.1, 0.15) is 0 Å². The van der Waals surface area contributed by atoms with Crippen molar-refractivity contribution >= 4 is 0 Å². The molecule has 3 saturated carbocycles. The Bertz CT molecular complexity index is 562. The monoisotopic (exact) mass is 316 g/mol. The molecule has 0 spiro atoms. The second-order valence-corrected chi connectivity index (χ2v) is 9.08. The average molecular weight is 316 g/mol. The first-order valence-corrected chi connectivity index (χ1v) is 9.68. The third kappa shape index (κ3) is 2.00. The highest BCUT2D eigenvalue weighted by Gasteiger charge is 2.57. The highest BCUT2D eigenvalue weighted by molar-refractivity contribution is 5.40. The molecule has 0 aliphatic heterocycles. The zero-order valence-electron chi connectivity index (χ0n) is 14.9. The molecule has 0 bridgehead atoms. The van der Waals surface area contributed by atoms with Crippen LogP contribution in [0.1, 0.15) is 65.7 Å². The summed E-state index contributed by atoms with van der Waals surface area (Å²) < 4.78 is 0. The minimum Gasteiger partial charge on any atom is -0.393 e. The number of fused-ring (bicyclic) bond motifs is 5. The molecule has 0 aromatic heterocycles. The van der Waals surface area contributed by atoms with Crippen LogP contribution in [-0.2, 0) is 0 Å². The van der Waals surface area contributed by atoms with Gasteiger partial charge in [0.2, 0.25) is 0 Å². The molecular formula is C21H32O2. The fraction of sp³-hybridized carbons (Fsp3) is 0.810. The summed E-state index contributed by atoms with van der Waals surface area (Å²) in [5.74, 6) is 2.06. The molecule has 0 aromatic rings. The lowest BCUT2D eigenvalue weighted by Crippen LogP contribution is -2.52. The van der Waals surface area contributed by atoms with Crippen LogP contribution in [0.5, 0.6) is 0 Å². The van der Waals surface area contributed by atoms with Crippen molar-refractivity contribution in [3.63, 3.8) is 0 Å². The minimum absolute atomic E-state index is 0.144. The summed E-state index contributed by atoms with van der Waals surface area (Å²) in [5.41, 5.74) is 3.23. The summed E-state index contributed by atoms with van der Waals surface area (Å²) in [6.07, 6.45) is 11.7. The minimum atomic E-state index is -0.404. The lowest BCUT2D eigenvalue weighted by Gasteiger charge is -2.56. The van der Waals surface area contributed by atoms with Gasteiger partial charge in [0.05, 0.1) is 12.2 Å². The van der Waals surface area contributed by atoms with E-state index in [0.29, 0.717) is 23.7 Å². The second-order valence-electron chi connectivity index (χ2n) is 9.08. The molecule has 2 nitrogen and oxygen atoms in total. The largest absolute Gasteiger partial charge is 0.393 e. The van der Waals surface area contributed by atoms with Gasteiger partial charge in [0.25, 0.3) is 0 Å². The molecule has 4 aliphatic rings. The first kappa shape index (κ1) is 15.9. The maximum Gasteiger partial charge on any atom is 0.0661 e. The van der Waals surface area contributed by atoms with E-state index >= 15 is 0 Å². The Balaban J connectivity index is 1.74. The maximum atomic E-state index is 10.8. The summed E-state index contributed by atoms with van der Waals surface area (Å²) in [5, 5.41) is 20.9. The van der Waals surface area contributed by atoms with E-state index in [2.05, 4.69) is 32.9 Å². The van der Waals surface area contributed by atoms with Crippen LogP contribution >= 0.6 is 0 Å². The van der Waals surface area contributed by atoms with Crippen LogP contribution in [0.2, 0.25) is 0 Å². The van der Waals surface area contributed by atoms with Crippen LogP contribution in [0.4, 0.5) is 0 Å². The van der Waals surface area contributed by atoms with E-state index in [4.69, 9.17) is 0 Å². The zero-order valence-corrected chi connectivity index (χ0v) is 14.9. The van der Waals surface area contributed by atoms with E-state index in [1.165, 1.54) is 37.7 Å². The highest BCUT2D eigenvalue weighted by Crippen LogP contribution is 2.65. The zero-order chi connectivity index (χ0) is 16.4. The molecule has 23 heavy (non-hydrogen) atoms. The summed E-state index contributed by atoms with van der Waals surface area (Å²) in [6.45, 7) is 7.14. The fourth-order valence-electron chi connectivity index (χ4n) is 6.83. The Hall–Kier alpha value is -0.600. The van der Waals surface area contributed by atoms with Crippen molar-refractivity contribution in [2.24, 2.45) is 28.6 Å². The van der Waals surface area contributed by atoms with Crippen LogP contribution in [0, 0.1) is 28.6 Å². The van der Waals surface area contributed by atoms with Gasteiger partial charge in [-0.25, -0.2) is 0 Å². The van der Waals surface area contributed by atoms with Crippen molar-refractivity contribution in [3.05, 3.63) is 23.3 Å². The van der Waals surface area contributed by atoms with Gasteiger partial charge in [0.15, 0.2) is 0 Å². The lowest BCUT2D eigenvalue weighted by molar-refractivity contribution is -0.0528. The van der Waals surface area contributed by atoms with Gasteiger partial charge < -0.3 is 10.2 Å². The molecule has 2 N–H and O–H groups in total. The summed E-state index contributed by atoms with van der Waals surface area (Å²) >= 11 is 0. The number of aliphatic hydroxyl groups excluding tert-OH is 2. The van der Waals surface area contributed by atoms with Gasteiger partial charge in [-0.3, -0.25) is 0 Å². The normalized spacial score (nSPS) is 52.1. The number of hydrogen-bond donors (Lipinski definition) is 2. The molecule has 128 valence electrons.